The van der Waals surface area contributed by atoms with Crippen LogP contribution < -0.4 is 21.3 Å². The van der Waals surface area contributed by atoms with Crippen molar-refractivity contribution in [1.29, 1.82) is 0 Å². The van der Waals surface area contributed by atoms with Gasteiger partial charge in [-0.2, -0.15) is 0 Å². The van der Waals surface area contributed by atoms with E-state index < -0.39 is 42.8 Å². The molecule has 0 saturated heterocycles. The monoisotopic (exact) mass is 611 g/mol. The number of carboxylic acid groups (broad SMARTS) is 1. The van der Waals surface area contributed by atoms with Crippen LogP contribution in [0.3, 0.4) is 0 Å². The number of nitrogens with one attached hydrogen (secondary N) is 4. The van der Waals surface area contributed by atoms with E-state index in [4.69, 9.17) is 27.9 Å². The molecule has 0 radical (unpaired) electrons. The van der Waals surface area contributed by atoms with E-state index in [2.05, 4.69) is 26.3 Å². The number of aliphatic carboxylic acids is 1. The second-order valence-corrected chi connectivity index (χ2v) is 9.94. The third-order valence-electron chi connectivity index (χ3n) is 6.07. The van der Waals surface area contributed by atoms with E-state index in [-0.39, 0.29) is 21.2 Å². The Morgan fingerprint density at radius 3 is 2.31 bits per heavy atom. The number of rotatable bonds is 10. The Balaban J connectivity index is 1.30. The van der Waals surface area contributed by atoms with Crippen LogP contribution in [-0.4, -0.2) is 67.1 Å². The number of hydrogen-bond acceptors (Lipinski definition) is 7. The van der Waals surface area contributed by atoms with Gasteiger partial charge >= 0.3 is 5.97 Å². The number of carbonyl (C=O) groups excluding carboxylic acids is 3. The van der Waals surface area contributed by atoms with E-state index in [0.717, 1.165) is 12.0 Å². The fourth-order valence-electron chi connectivity index (χ4n) is 3.96. The van der Waals surface area contributed by atoms with Crippen LogP contribution in [0.15, 0.2) is 71.7 Å². The number of ether oxygens (including phenoxy) is 1. The number of nitrogens with zero attached hydrogens (tertiary/aromatic N) is 1. The minimum absolute atomic E-state index is 0.0354. The van der Waals surface area contributed by atoms with Crippen molar-refractivity contribution in [2.45, 2.75) is 12.5 Å². The first kappa shape index (κ1) is 30.4. The molecule has 0 aromatic heterocycles. The van der Waals surface area contributed by atoms with Gasteiger partial charge in [-0.25, -0.2) is 9.79 Å². The molecule has 0 bridgehead atoms. The van der Waals surface area contributed by atoms with Gasteiger partial charge in [-0.05, 0) is 41.5 Å². The lowest BCUT2D eigenvalue weighted by atomic mass is 10.0. The number of amidine groups is 1. The van der Waals surface area contributed by atoms with Crippen molar-refractivity contribution in [2.75, 3.05) is 31.6 Å². The van der Waals surface area contributed by atoms with Crippen LogP contribution in [0.5, 0.6) is 0 Å². The van der Waals surface area contributed by atoms with Crippen LogP contribution in [-0.2, 0) is 14.3 Å². The Bertz CT molecular complexity index is 1490. The highest BCUT2D eigenvalue weighted by Gasteiger charge is 2.25. The molecule has 1 aliphatic heterocycles. The fraction of sp³-hybridized carbons (Fsp3) is 0.207. The summed E-state index contributed by atoms with van der Waals surface area (Å²) in [5.74, 6) is -3.40. The summed E-state index contributed by atoms with van der Waals surface area (Å²) in [5.41, 5.74) is 2.29. The lowest BCUT2D eigenvalue weighted by Gasteiger charge is -2.17. The van der Waals surface area contributed by atoms with Gasteiger partial charge in [0.15, 0.2) is 0 Å². The van der Waals surface area contributed by atoms with Crippen LogP contribution in [0.2, 0.25) is 10.0 Å². The summed E-state index contributed by atoms with van der Waals surface area (Å²) in [6, 6.07) is 17.8. The lowest BCUT2D eigenvalue weighted by Crippen LogP contribution is -2.50. The minimum Gasteiger partial charge on any atom is -0.480 e. The zero-order valence-corrected chi connectivity index (χ0v) is 23.7. The maximum absolute atomic E-state index is 12.9. The molecule has 0 spiro atoms. The average molecular weight is 612 g/mol. The molecule has 13 heteroatoms. The van der Waals surface area contributed by atoms with Crippen molar-refractivity contribution < 1.29 is 29.0 Å². The Hall–Kier alpha value is -4.61. The second-order valence-electron chi connectivity index (χ2n) is 9.13. The Morgan fingerprint density at radius 2 is 1.64 bits per heavy atom. The topological polar surface area (TPSA) is 158 Å². The smallest absolute Gasteiger partial charge is 0.328 e. The number of carbonyl (C=O) groups is 4. The molecule has 3 aromatic rings. The highest BCUT2D eigenvalue weighted by atomic mass is 35.5. The quantitative estimate of drug-likeness (QED) is 0.234. The van der Waals surface area contributed by atoms with Crippen LogP contribution in [0.1, 0.15) is 27.1 Å². The highest BCUT2D eigenvalue weighted by Crippen LogP contribution is 2.31. The first-order chi connectivity index (χ1) is 20.2. The first-order valence-corrected chi connectivity index (χ1v) is 13.6. The lowest BCUT2D eigenvalue weighted by molar-refractivity contribution is -0.139. The third-order valence-corrected chi connectivity index (χ3v) is 6.66. The summed E-state index contributed by atoms with van der Waals surface area (Å²) in [5, 5.41) is 19.8. The molecular formula is C29H27Cl2N5O6. The number of benzene rings is 3. The van der Waals surface area contributed by atoms with Gasteiger partial charge in [-0.15, -0.1) is 0 Å². The van der Waals surface area contributed by atoms with Crippen molar-refractivity contribution in [3.05, 3.63) is 87.9 Å². The van der Waals surface area contributed by atoms with Gasteiger partial charge < -0.3 is 31.1 Å². The third kappa shape index (κ3) is 8.21. The van der Waals surface area contributed by atoms with Crippen LogP contribution in [0.25, 0.3) is 11.1 Å². The second kappa shape index (κ2) is 14.3. The number of aliphatic imine (C=N–C) groups is 1. The molecule has 1 atom stereocenters. The van der Waals surface area contributed by atoms with Crippen LogP contribution in [0.4, 0.5) is 5.69 Å². The minimum atomic E-state index is -1.49. The van der Waals surface area contributed by atoms with Gasteiger partial charge in [0.05, 0.1) is 28.8 Å². The van der Waals surface area contributed by atoms with Crippen LogP contribution in [0, 0.1) is 0 Å². The zero-order chi connectivity index (χ0) is 30.1. The molecule has 5 N–H and O–H groups in total. The summed E-state index contributed by atoms with van der Waals surface area (Å²) in [6.45, 7) is 0.324. The van der Waals surface area contributed by atoms with Crippen molar-refractivity contribution in [2.24, 2.45) is 4.99 Å². The predicted octanol–water partition coefficient (Wildman–Crippen LogP) is 3.58. The van der Waals surface area contributed by atoms with Crippen LogP contribution >= 0.6 is 23.2 Å². The molecule has 0 fully saturated rings. The Morgan fingerprint density at radius 1 is 0.905 bits per heavy atom. The van der Waals surface area contributed by atoms with Gasteiger partial charge in [-0.3, -0.25) is 14.4 Å². The largest absolute Gasteiger partial charge is 0.480 e. The van der Waals surface area contributed by atoms with E-state index in [0.29, 0.717) is 30.4 Å². The fourth-order valence-corrected chi connectivity index (χ4v) is 4.61. The molecule has 3 amide bonds. The van der Waals surface area contributed by atoms with E-state index >= 15 is 0 Å². The molecule has 11 nitrogen and oxygen atoms in total. The van der Waals surface area contributed by atoms with Gasteiger partial charge in [-0.1, -0.05) is 59.6 Å². The van der Waals surface area contributed by atoms with Crippen molar-refractivity contribution in [3.63, 3.8) is 0 Å². The molecule has 1 aliphatic rings. The molecule has 0 unspecified atom stereocenters. The standard InChI is InChI=1S/C29H27Cl2N5O6/c30-21-13-19(17-6-2-1-3-7-17)14-22(31)25(21)27(39)36-23(28(40)41)15-33-24(37)16-34-26(38)18-8-4-9-20(12-18)35-29-32-10-5-11-42-29/h1-4,6-9,12-14,23H,5,10-11,15-16H2,(H,32,35)(H,33,37)(H,34,38)(H,36,39)(H,40,41)/t23-/m1/s1. The SMILES string of the molecule is O=C(CNC(=O)c1cccc(NC2=NCCCO2)c1)NC[C@@H](NC(=O)c1c(Cl)cc(-c2ccccc2)cc1Cl)C(=O)O. The molecule has 0 aliphatic carbocycles. The number of anilines is 1. The summed E-state index contributed by atoms with van der Waals surface area (Å²) in [6.07, 6.45) is 0.834. The maximum atomic E-state index is 12.9. The van der Waals surface area contributed by atoms with Gasteiger partial charge in [0.2, 0.25) is 5.91 Å². The molecular weight excluding hydrogens is 585 g/mol. The van der Waals surface area contributed by atoms with Crippen molar-refractivity contribution in [3.8, 4) is 11.1 Å². The molecule has 1 heterocycles. The zero-order valence-electron chi connectivity index (χ0n) is 22.2. The van der Waals surface area contributed by atoms with Gasteiger partial charge in [0.1, 0.15) is 6.04 Å². The van der Waals surface area contributed by atoms with E-state index in [9.17, 15) is 24.3 Å². The first-order valence-electron chi connectivity index (χ1n) is 12.9. The number of hydrogen-bond donors (Lipinski definition) is 5. The Kier molecular flexibility index (Phi) is 10.4. The summed E-state index contributed by atoms with van der Waals surface area (Å²) in [7, 11) is 0. The molecule has 3 aromatic carbocycles. The number of halogens is 2. The Labute approximate surface area is 251 Å². The average Bonchev–Trinajstić information content (AvgIpc) is 2.98. The van der Waals surface area contributed by atoms with Gasteiger partial charge in [0.25, 0.3) is 17.8 Å². The molecule has 0 saturated carbocycles. The van der Waals surface area contributed by atoms with E-state index in [1.807, 2.05) is 30.3 Å². The highest BCUT2D eigenvalue weighted by molar-refractivity contribution is 6.40. The summed E-state index contributed by atoms with van der Waals surface area (Å²) < 4.78 is 5.41. The number of amides is 3. The number of carboxylic acids is 1. The summed E-state index contributed by atoms with van der Waals surface area (Å²) >= 11 is 12.7. The summed E-state index contributed by atoms with van der Waals surface area (Å²) in [4.78, 5) is 53.8. The predicted molar refractivity (Wildman–Crippen MR) is 159 cm³/mol. The van der Waals surface area contributed by atoms with Crippen molar-refractivity contribution >= 4 is 58.6 Å². The van der Waals surface area contributed by atoms with E-state index in [1.165, 1.54) is 0 Å². The molecule has 42 heavy (non-hydrogen) atoms. The normalized spacial score (nSPS) is 13.1. The van der Waals surface area contributed by atoms with E-state index in [1.54, 1.807) is 36.4 Å². The maximum Gasteiger partial charge on any atom is 0.328 e. The molecule has 218 valence electrons. The molecule has 4 rings (SSSR count). The van der Waals surface area contributed by atoms with Gasteiger partial charge in [0, 0.05) is 30.8 Å². The van der Waals surface area contributed by atoms with Crippen molar-refractivity contribution in [1.82, 2.24) is 16.0 Å².